The van der Waals surface area contributed by atoms with Gasteiger partial charge in [0.2, 0.25) is 0 Å². The molecule has 2 unspecified atom stereocenters. The highest BCUT2D eigenvalue weighted by Crippen LogP contribution is 2.68. The number of anilines is 1. The molecular formula is C20H18BrNO3. The van der Waals surface area contributed by atoms with Gasteiger partial charge in [0, 0.05) is 10.0 Å². The monoisotopic (exact) mass is 399 g/mol. The average molecular weight is 400 g/mol. The van der Waals surface area contributed by atoms with Crippen LogP contribution in [0.5, 0.6) is 5.75 Å². The standard InChI is InChI=1S/C20H18BrNO3/c21-14-8-9-16-17(12-14)22(18(23)24-15-6-2-1-3-7-15)13-19-10-4-5-11-20(16,19)25-19/h1-3,6-9,12H,4-5,10-11,13H2. The lowest BCUT2D eigenvalue weighted by molar-refractivity contribution is 0.202. The molecular weight excluding hydrogens is 382 g/mol. The van der Waals surface area contributed by atoms with Crippen LogP contribution in [0.1, 0.15) is 31.2 Å². The van der Waals surface area contributed by atoms with Gasteiger partial charge in [0.25, 0.3) is 0 Å². The fourth-order valence-electron chi connectivity index (χ4n) is 4.52. The summed E-state index contributed by atoms with van der Waals surface area (Å²) in [6.07, 6.45) is 4.00. The summed E-state index contributed by atoms with van der Waals surface area (Å²) in [5, 5.41) is 0. The molecule has 128 valence electrons. The van der Waals surface area contributed by atoms with Crippen molar-refractivity contribution in [3.05, 3.63) is 58.6 Å². The van der Waals surface area contributed by atoms with Crippen LogP contribution in [0.15, 0.2) is 53.0 Å². The number of hydrogen-bond acceptors (Lipinski definition) is 3. The SMILES string of the molecule is O=C(Oc1ccccc1)N1CC23CCCCC2(O3)c2ccc(Br)cc21. The largest absolute Gasteiger partial charge is 0.419 e. The van der Waals surface area contributed by atoms with Crippen molar-refractivity contribution >= 4 is 27.7 Å². The van der Waals surface area contributed by atoms with E-state index in [-0.39, 0.29) is 17.3 Å². The van der Waals surface area contributed by atoms with Crippen molar-refractivity contribution in [3.8, 4) is 5.75 Å². The number of ether oxygens (including phenoxy) is 2. The van der Waals surface area contributed by atoms with Crippen LogP contribution in [0.25, 0.3) is 0 Å². The molecule has 25 heavy (non-hydrogen) atoms. The molecule has 5 rings (SSSR count). The first-order chi connectivity index (χ1) is 12.1. The van der Waals surface area contributed by atoms with E-state index in [9.17, 15) is 4.79 Å². The molecule has 1 aliphatic carbocycles. The second kappa shape index (κ2) is 5.32. The first kappa shape index (κ1) is 15.4. The molecule has 2 heterocycles. The van der Waals surface area contributed by atoms with Crippen molar-refractivity contribution in [1.82, 2.24) is 0 Å². The summed E-state index contributed by atoms with van der Waals surface area (Å²) in [4.78, 5) is 14.6. The van der Waals surface area contributed by atoms with Gasteiger partial charge in [-0.15, -0.1) is 0 Å². The number of rotatable bonds is 1. The first-order valence-corrected chi connectivity index (χ1v) is 9.48. The predicted molar refractivity (Wildman–Crippen MR) is 97.9 cm³/mol. The maximum absolute atomic E-state index is 12.9. The Labute approximate surface area is 154 Å². The van der Waals surface area contributed by atoms with E-state index < -0.39 is 0 Å². The molecule has 2 aromatic rings. The highest BCUT2D eigenvalue weighted by Gasteiger charge is 2.74. The zero-order chi connectivity index (χ0) is 17.1. The number of carbonyl (C=O) groups excluding carboxylic acids is 1. The number of hydrogen-bond donors (Lipinski definition) is 0. The fraction of sp³-hybridized carbons (Fsp3) is 0.350. The quantitative estimate of drug-likeness (QED) is 0.633. The summed E-state index contributed by atoms with van der Waals surface area (Å²) < 4.78 is 12.9. The second-order valence-electron chi connectivity index (χ2n) is 7.06. The van der Waals surface area contributed by atoms with E-state index in [0.717, 1.165) is 35.0 Å². The Balaban J connectivity index is 1.54. The summed E-state index contributed by atoms with van der Waals surface area (Å²) in [6.45, 7) is 0.558. The zero-order valence-corrected chi connectivity index (χ0v) is 15.3. The van der Waals surface area contributed by atoms with E-state index in [4.69, 9.17) is 9.47 Å². The van der Waals surface area contributed by atoms with Crippen LogP contribution in [0, 0.1) is 0 Å². The summed E-state index contributed by atoms with van der Waals surface area (Å²) in [5.41, 5.74) is 1.57. The zero-order valence-electron chi connectivity index (χ0n) is 13.7. The van der Waals surface area contributed by atoms with E-state index in [1.165, 1.54) is 6.42 Å². The first-order valence-electron chi connectivity index (χ1n) is 8.68. The third-order valence-electron chi connectivity index (χ3n) is 5.69. The Kier molecular flexibility index (Phi) is 3.28. The van der Waals surface area contributed by atoms with Gasteiger partial charge in [-0.3, -0.25) is 4.90 Å². The Morgan fingerprint density at radius 2 is 1.92 bits per heavy atom. The predicted octanol–water partition coefficient (Wildman–Crippen LogP) is 5.01. The molecule has 2 aromatic carbocycles. The van der Waals surface area contributed by atoms with Crippen LogP contribution in [0.3, 0.4) is 0 Å². The van der Waals surface area contributed by atoms with Crippen molar-refractivity contribution in [2.24, 2.45) is 0 Å². The molecule has 1 amide bonds. The molecule has 0 bridgehead atoms. The average Bonchev–Trinajstić information content (AvgIpc) is 3.32. The van der Waals surface area contributed by atoms with Gasteiger partial charge < -0.3 is 9.47 Å². The van der Waals surface area contributed by atoms with Crippen LogP contribution >= 0.6 is 15.9 Å². The molecule has 5 heteroatoms. The van der Waals surface area contributed by atoms with Gasteiger partial charge in [-0.2, -0.15) is 0 Å². The number of epoxide rings is 1. The van der Waals surface area contributed by atoms with Crippen LogP contribution in [-0.4, -0.2) is 18.2 Å². The van der Waals surface area contributed by atoms with Gasteiger partial charge in [0.05, 0.1) is 12.2 Å². The molecule has 4 nitrogen and oxygen atoms in total. The number of amides is 1. The molecule has 2 atom stereocenters. The van der Waals surface area contributed by atoms with E-state index in [0.29, 0.717) is 12.3 Å². The smallest absolute Gasteiger partial charge is 0.410 e. The second-order valence-corrected chi connectivity index (χ2v) is 7.97. The van der Waals surface area contributed by atoms with E-state index in [2.05, 4.69) is 22.0 Å². The highest BCUT2D eigenvalue weighted by molar-refractivity contribution is 9.10. The Bertz CT molecular complexity index is 855. The summed E-state index contributed by atoms with van der Waals surface area (Å²) in [6, 6.07) is 15.3. The molecule has 0 N–H and O–H groups in total. The van der Waals surface area contributed by atoms with Crippen LogP contribution in [-0.2, 0) is 10.3 Å². The van der Waals surface area contributed by atoms with Crippen LogP contribution in [0.4, 0.5) is 10.5 Å². The topological polar surface area (TPSA) is 42.1 Å². The number of nitrogens with zero attached hydrogens (tertiary/aromatic N) is 1. The van der Waals surface area contributed by atoms with Gasteiger partial charge in [-0.05, 0) is 43.5 Å². The number of benzene rings is 2. The van der Waals surface area contributed by atoms with Gasteiger partial charge in [-0.25, -0.2) is 4.79 Å². The van der Waals surface area contributed by atoms with Gasteiger partial charge >= 0.3 is 6.09 Å². The summed E-state index contributed by atoms with van der Waals surface area (Å²) in [7, 11) is 0. The molecule has 0 radical (unpaired) electrons. The Morgan fingerprint density at radius 3 is 2.76 bits per heavy atom. The minimum absolute atomic E-state index is 0.204. The van der Waals surface area contributed by atoms with Gasteiger partial charge in [0.1, 0.15) is 17.0 Å². The Morgan fingerprint density at radius 1 is 1.12 bits per heavy atom. The lowest BCUT2D eigenvalue weighted by atomic mass is 9.72. The number of halogens is 1. The maximum Gasteiger partial charge on any atom is 0.419 e. The Hall–Kier alpha value is -1.85. The highest BCUT2D eigenvalue weighted by atomic mass is 79.9. The van der Waals surface area contributed by atoms with Gasteiger partial charge in [0.15, 0.2) is 0 Å². The third-order valence-corrected chi connectivity index (χ3v) is 6.18. The van der Waals surface area contributed by atoms with Crippen LogP contribution < -0.4 is 9.64 Å². The van der Waals surface area contributed by atoms with Gasteiger partial charge in [-0.1, -0.05) is 46.6 Å². The van der Waals surface area contributed by atoms with Crippen LogP contribution in [0.2, 0.25) is 0 Å². The lowest BCUT2D eigenvalue weighted by Gasteiger charge is -2.37. The normalized spacial score (nSPS) is 29.2. The lowest BCUT2D eigenvalue weighted by Crippen LogP contribution is -2.49. The molecule has 0 spiro atoms. The number of carbonyl (C=O) groups is 1. The van der Waals surface area contributed by atoms with E-state index >= 15 is 0 Å². The minimum atomic E-state index is -0.352. The summed E-state index contributed by atoms with van der Waals surface area (Å²) >= 11 is 3.53. The molecule has 2 aliphatic heterocycles. The molecule has 0 aromatic heterocycles. The van der Waals surface area contributed by atoms with Crippen molar-refractivity contribution in [2.75, 3.05) is 11.4 Å². The fourth-order valence-corrected chi connectivity index (χ4v) is 4.86. The molecule has 1 saturated carbocycles. The molecule has 2 fully saturated rings. The van der Waals surface area contributed by atoms with E-state index in [1.807, 2.05) is 30.3 Å². The van der Waals surface area contributed by atoms with E-state index in [1.54, 1.807) is 17.0 Å². The number of para-hydroxylation sites is 1. The number of fused-ring (bicyclic) bond motifs is 1. The van der Waals surface area contributed by atoms with Crippen molar-refractivity contribution in [2.45, 2.75) is 36.9 Å². The van der Waals surface area contributed by atoms with Crippen molar-refractivity contribution in [3.63, 3.8) is 0 Å². The van der Waals surface area contributed by atoms with Crippen molar-refractivity contribution in [1.29, 1.82) is 0 Å². The maximum atomic E-state index is 12.9. The third kappa shape index (κ3) is 2.19. The molecule has 1 saturated heterocycles. The molecule has 3 aliphatic rings. The van der Waals surface area contributed by atoms with Crippen molar-refractivity contribution < 1.29 is 14.3 Å². The summed E-state index contributed by atoms with van der Waals surface area (Å²) in [5.74, 6) is 0.554. The minimum Gasteiger partial charge on any atom is -0.410 e.